The topological polar surface area (TPSA) is 77.8 Å². The second-order valence-corrected chi connectivity index (χ2v) is 9.50. The fraction of sp³-hybridized carbons (Fsp3) is 0.609. The van der Waals surface area contributed by atoms with Crippen LogP contribution in [0.4, 0.5) is 0 Å². The van der Waals surface area contributed by atoms with Crippen LogP contribution in [-0.2, 0) is 4.79 Å². The van der Waals surface area contributed by atoms with Crippen LogP contribution in [0.2, 0.25) is 0 Å². The van der Waals surface area contributed by atoms with Gasteiger partial charge in [0.1, 0.15) is 0 Å². The molecule has 156 valence electrons. The Balaban J connectivity index is 2.05. The van der Waals surface area contributed by atoms with Crippen molar-refractivity contribution in [2.45, 2.75) is 76.4 Å². The lowest BCUT2D eigenvalue weighted by Gasteiger charge is -2.27. The van der Waals surface area contributed by atoms with Gasteiger partial charge in [0.2, 0.25) is 0 Å². The lowest BCUT2D eigenvalue weighted by molar-refractivity contribution is -0.137. The summed E-state index contributed by atoms with van der Waals surface area (Å²) in [6.07, 6.45) is 5.92. The van der Waals surface area contributed by atoms with E-state index in [-0.39, 0.29) is 29.0 Å². The molecule has 5 unspecified atom stereocenters. The first-order chi connectivity index (χ1) is 13.1. The Kier molecular flexibility index (Phi) is 8.11. The molecule has 0 radical (unpaired) electrons. The summed E-state index contributed by atoms with van der Waals surface area (Å²) in [6, 6.07) is 7.88. The van der Waals surface area contributed by atoms with Gasteiger partial charge >= 0.3 is 5.97 Å². The molecule has 2 rings (SSSR count). The monoisotopic (exact) mass is 408 g/mol. The minimum Gasteiger partial charge on any atom is -0.481 e. The normalized spacial score (nSPS) is 26.6. The Bertz CT molecular complexity index is 662. The maximum absolute atomic E-state index is 10.6. The van der Waals surface area contributed by atoms with Crippen LogP contribution in [0.3, 0.4) is 0 Å². The molecule has 0 aromatic heterocycles. The Labute approximate surface area is 173 Å². The molecule has 1 aromatic rings. The van der Waals surface area contributed by atoms with Crippen molar-refractivity contribution in [2.24, 2.45) is 11.3 Å². The molecular formula is C23H33ClO4. The molecule has 0 aliphatic heterocycles. The van der Waals surface area contributed by atoms with E-state index in [9.17, 15) is 15.0 Å². The molecule has 1 aliphatic rings. The summed E-state index contributed by atoms with van der Waals surface area (Å²) in [4.78, 5) is 10.6. The number of hydrogen-bond donors (Lipinski definition) is 3. The zero-order valence-corrected chi connectivity index (χ0v) is 17.8. The predicted molar refractivity (Wildman–Crippen MR) is 113 cm³/mol. The summed E-state index contributed by atoms with van der Waals surface area (Å²) in [6.45, 7) is 6.01. The Morgan fingerprint density at radius 3 is 2.46 bits per heavy atom. The molecular weight excluding hydrogens is 376 g/mol. The minimum atomic E-state index is -0.770. The van der Waals surface area contributed by atoms with Crippen LogP contribution in [0.25, 0.3) is 0 Å². The highest BCUT2D eigenvalue weighted by Gasteiger charge is 2.41. The first-order valence-electron chi connectivity index (χ1n) is 10.1. The van der Waals surface area contributed by atoms with E-state index in [0.29, 0.717) is 12.8 Å². The zero-order chi connectivity index (χ0) is 20.9. The maximum Gasteiger partial charge on any atom is 0.303 e. The second-order valence-electron chi connectivity index (χ2n) is 8.94. The molecule has 3 N–H and O–H groups in total. The SMILES string of the molecule is CC(C)(C)C(O)c1ccc(C2C(O)CC(Cl)C2C/C=C\CCCC(=O)O)cc1. The predicted octanol–water partition coefficient (Wildman–Crippen LogP) is 5.04. The largest absolute Gasteiger partial charge is 0.481 e. The molecule has 28 heavy (non-hydrogen) atoms. The third kappa shape index (κ3) is 6.07. The van der Waals surface area contributed by atoms with E-state index in [0.717, 1.165) is 24.0 Å². The summed E-state index contributed by atoms with van der Waals surface area (Å²) in [5, 5.41) is 29.6. The molecule has 0 spiro atoms. The number of unbranched alkanes of at least 4 members (excludes halogenated alkanes) is 1. The molecule has 0 saturated heterocycles. The maximum atomic E-state index is 10.6. The molecule has 1 aliphatic carbocycles. The van der Waals surface area contributed by atoms with Crippen LogP contribution in [-0.4, -0.2) is 32.8 Å². The highest BCUT2D eigenvalue weighted by molar-refractivity contribution is 6.21. The highest BCUT2D eigenvalue weighted by atomic mass is 35.5. The van der Waals surface area contributed by atoms with Crippen LogP contribution in [0.5, 0.6) is 0 Å². The van der Waals surface area contributed by atoms with Gasteiger partial charge in [-0.1, -0.05) is 57.2 Å². The second kappa shape index (κ2) is 9.91. The first kappa shape index (κ1) is 22.9. The number of rotatable bonds is 8. The Hall–Kier alpha value is -1.36. The van der Waals surface area contributed by atoms with Gasteiger partial charge in [0.25, 0.3) is 0 Å². The molecule has 5 atom stereocenters. The summed E-state index contributed by atoms with van der Waals surface area (Å²) < 4.78 is 0. The van der Waals surface area contributed by atoms with E-state index in [4.69, 9.17) is 16.7 Å². The number of alkyl halides is 1. The zero-order valence-electron chi connectivity index (χ0n) is 17.0. The van der Waals surface area contributed by atoms with E-state index in [1.807, 2.05) is 51.1 Å². The fourth-order valence-electron chi connectivity index (χ4n) is 3.97. The summed E-state index contributed by atoms with van der Waals surface area (Å²) in [5.41, 5.74) is 1.69. The molecule has 0 bridgehead atoms. The van der Waals surface area contributed by atoms with E-state index in [2.05, 4.69) is 6.08 Å². The molecule has 1 fully saturated rings. The number of allylic oxidation sites excluding steroid dienone is 2. The minimum absolute atomic E-state index is 0.0352. The standard InChI is InChI=1S/C23H33ClO4/c1-23(2,3)22(28)16-12-10-15(11-13-16)21-17(18(24)14-19(21)25)8-6-4-5-7-9-20(26)27/h4,6,10-13,17-19,21-22,25,28H,5,7-9,14H2,1-3H3,(H,26,27)/b6-4-. The van der Waals surface area contributed by atoms with Gasteiger partial charge in [-0.3, -0.25) is 4.79 Å². The van der Waals surface area contributed by atoms with Gasteiger partial charge in [-0.15, -0.1) is 11.6 Å². The highest BCUT2D eigenvalue weighted by Crippen LogP contribution is 2.45. The number of halogens is 1. The molecule has 5 heteroatoms. The van der Waals surface area contributed by atoms with E-state index in [1.54, 1.807) is 0 Å². The van der Waals surface area contributed by atoms with Gasteiger partial charge in [-0.25, -0.2) is 0 Å². The van der Waals surface area contributed by atoms with Crippen molar-refractivity contribution in [1.82, 2.24) is 0 Å². The third-order valence-electron chi connectivity index (χ3n) is 5.60. The average molecular weight is 409 g/mol. The average Bonchev–Trinajstić information content (AvgIpc) is 2.90. The van der Waals surface area contributed by atoms with Gasteiger partial charge in [-0.05, 0) is 48.1 Å². The molecule has 1 saturated carbocycles. The van der Waals surface area contributed by atoms with Gasteiger partial charge in [0.15, 0.2) is 0 Å². The number of carboxylic acids is 1. The number of carboxylic acid groups (broad SMARTS) is 1. The lowest BCUT2D eigenvalue weighted by Crippen LogP contribution is -2.20. The van der Waals surface area contributed by atoms with Gasteiger partial charge < -0.3 is 15.3 Å². The van der Waals surface area contributed by atoms with Crippen molar-refractivity contribution in [3.63, 3.8) is 0 Å². The number of aliphatic hydroxyl groups excluding tert-OH is 2. The van der Waals surface area contributed by atoms with E-state index < -0.39 is 18.2 Å². The summed E-state index contributed by atoms with van der Waals surface area (Å²) >= 11 is 6.53. The van der Waals surface area contributed by atoms with Crippen LogP contribution < -0.4 is 0 Å². The first-order valence-corrected chi connectivity index (χ1v) is 10.5. The number of carbonyl (C=O) groups is 1. The van der Waals surface area contributed by atoms with Crippen LogP contribution in [0.1, 0.15) is 76.0 Å². The number of aliphatic carboxylic acids is 1. The molecule has 0 heterocycles. The van der Waals surface area contributed by atoms with Crippen LogP contribution >= 0.6 is 11.6 Å². The summed E-state index contributed by atoms with van der Waals surface area (Å²) in [5.74, 6) is -0.675. The van der Waals surface area contributed by atoms with E-state index >= 15 is 0 Å². The molecule has 1 aromatic carbocycles. The molecule has 4 nitrogen and oxygen atoms in total. The van der Waals surface area contributed by atoms with Gasteiger partial charge in [-0.2, -0.15) is 0 Å². The van der Waals surface area contributed by atoms with Crippen molar-refractivity contribution in [3.8, 4) is 0 Å². The van der Waals surface area contributed by atoms with Crippen molar-refractivity contribution in [2.75, 3.05) is 0 Å². The van der Waals surface area contributed by atoms with Crippen molar-refractivity contribution in [3.05, 3.63) is 47.5 Å². The van der Waals surface area contributed by atoms with Crippen molar-refractivity contribution < 1.29 is 20.1 Å². The lowest BCUT2D eigenvalue weighted by atomic mass is 9.82. The van der Waals surface area contributed by atoms with Crippen molar-refractivity contribution in [1.29, 1.82) is 0 Å². The van der Waals surface area contributed by atoms with Crippen LogP contribution in [0.15, 0.2) is 36.4 Å². The van der Waals surface area contributed by atoms with Gasteiger partial charge in [0.05, 0.1) is 12.2 Å². The Morgan fingerprint density at radius 1 is 1.25 bits per heavy atom. The van der Waals surface area contributed by atoms with E-state index in [1.165, 1.54) is 0 Å². The number of hydrogen-bond acceptors (Lipinski definition) is 3. The van der Waals surface area contributed by atoms with Crippen LogP contribution in [0, 0.1) is 11.3 Å². The quantitative estimate of drug-likeness (QED) is 0.320. The van der Waals surface area contributed by atoms with Gasteiger partial charge in [0, 0.05) is 17.7 Å². The smallest absolute Gasteiger partial charge is 0.303 e. The van der Waals surface area contributed by atoms with Crippen molar-refractivity contribution >= 4 is 17.6 Å². The number of benzene rings is 1. The number of aliphatic hydroxyl groups is 2. The molecule has 0 amide bonds. The summed E-state index contributed by atoms with van der Waals surface area (Å²) in [7, 11) is 0. The third-order valence-corrected chi connectivity index (χ3v) is 6.10. The fourth-order valence-corrected chi connectivity index (χ4v) is 4.41. The Morgan fingerprint density at radius 2 is 1.89 bits per heavy atom.